The van der Waals surface area contributed by atoms with Crippen molar-refractivity contribution in [2.45, 2.75) is 19.3 Å². The first-order chi connectivity index (χ1) is 9.25. The molecule has 102 valence electrons. The molecule has 1 aliphatic heterocycles. The highest BCUT2D eigenvalue weighted by Gasteiger charge is 2.23. The van der Waals surface area contributed by atoms with Crippen LogP contribution >= 0.6 is 0 Å². The summed E-state index contributed by atoms with van der Waals surface area (Å²) in [5.74, 6) is 0.623. The van der Waals surface area contributed by atoms with Gasteiger partial charge in [0.2, 0.25) is 5.91 Å². The molecule has 2 rings (SSSR count). The van der Waals surface area contributed by atoms with Gasteiger partial charge >= 0.3 is 0 Å². The topological polar surface area (TPSA) is 76.7 Å². The van der Waals surface area contributed by atoms with Crippen molar-refractivity contribution < 1.29 is 9.63 Å². The molecule has 0 aromatic heterocycles. The zero-order chi connectivity index (χ0) is 13.5. The number of oxime groups is 1. The zero-order valence-corrected chi connectivity index (χ0v) is 10.8. The van der Waals surface area contributed by atoms with E-state index in [9.17, 15) is 4.79 Å². The van der Waals surface area contributed by atoms with Crippen molar-refractivity contribution >= 4 is 11.7 Å². The Labute approximate surface area is 112 Å². The first kappa shape index (κ1) is 13.4. The minimum absolute atomic E-state index is 0.0607. The fourth-order valence-electron chi connectivity index (χ4n) is 2.08. The molecule has 0 radical (unpaired) electrons. The summed E-state index contributed by atoms with van der Waals surface area (Å²) in [4.78, 5) is 16.5. The number of hydrogen-bond donors (Lipinski definition) is 2. The van der Waals surface area contributed by atoms with Gasteiger partial charge in [0.1, 0.15) is 12.4 Å². The molecule has 1 saturated heterocycles. The minimum Gasteiger partial charge on any atom is -0.394 e. The number of amides is 1. The highest BCUT2D eigenvalue weighted by molar-refractivity contribution is 5.82. The minimum atomic E-state index is 0.0607. The predicted octanol–water partition coefficient (Wildman–Crippen LogP) is 1.04. The van der Waals surface area contributed by atoms with Crippen LogP contribution in [0.4, 0.5) is 0 Å². The van der Waals surface area contributed by atoms with Crippen molar-refractivity contribution in [2.24, 2.45) is 16.8 Å². The molecule has 1 aromatic carbocycles. The number of nitrogens with zero attached hydrogens (tertiary/aromatic N) is 1. The Bertz CT molecular complexity index is 445. The lowest BCUT2D eigenvalue weighted by Crippen LogP contribution is -2.20. The fourth-order valence-corrected chi connectivity index (χ4v) is 2.08. The molecule has 19 heavy (non-hydrogen) atoms. The van der Waals surface area contributed by atoms with Gasteiger partial charge in [-0.25, -0.2) is 0 Å². The third-order valence-electron chi connectivity index (χ3n) is 3.13. The van der Waals surface area contributed by atoms with Crippen LogP contribution < -0.4 is 11.1 Å². The van der Waals surface area contributed by atoms with Crippen molar-refractivity contribution in [1.82, 2.24) is 5.32 Å². The molecule has 3 N–H and O–H groups in total. The number of benzene rings is 1. The first-order valence-corrected chi connectivity index (χ1v) is 6.51. The van der Waals surface area contributed by atoms with Gasteiger partial charge in [-0.15, -0.1) is 0 Å². The molecule has 5 heteroatoms. The van der Waals surface area contributed by atoms with E-state index < -0.39 is 0 Å². The molecule has 5 nitrogen and oxygen atoms in total. The molecule has 1 fully saturated rings. The maximum atomic E-state index is 11.3. The van der Waals surface area contributed by atoms with Crippen LogP contribution in [0.25, 0.3) is 0 Å². The lowest BCUT2D eigenvalue weighted by atomic mass is 10.1. The van der Waals surface area contributed by atoms with E-state index in [1.54, 1.807) is 0 Å². The molecule has 0 unspecified atom stereocenters. The number of nitrogens with one attached hydrogen (secondary N) is 1. The molecule has 1 heterocycles. The molecular formula is C14H19N3O2. The van der Waals surface area contributed by atoms with Crippen molar-refractivity contribution in [3.05, 3.63) is 35.9 Å². The van der Waals surface area contributed by atoms with Gasteiger partial charge in [-0.1, -0.05) is 35.5 Å². The lowest BCUT2D eigenvalue weighted by Gasteiger charge is -2.06. The molecule has 1 aromatic rings. The van der Waals surface area contributed by atoms with E-state index in [1.165, 1.54) is 0 Å². The zero-order valence-electron chi connectivity index (χ0n) is 10.8. The van der Waals surface area contributed by atoms with Gasteiger partial charge in [-0.05, 0) is 18.4 Å². The average Bonchev–Trinajstić information content (AvgIpc) is 2.81. The number of carbonyl (C=O) groups is 1. The third kappa shape index (κ3) is 4.28. The Morgan fingerprint density at radius 3 is 2.89 bits per heavy atom. The van der Waals surface area contributed by atoms with Gasteiger partial charge in [0.05, 0.1) is 0 Å². The van der Waals surface area contributed by atoms with Crippen molar-refractivity contribution in [1.29, 1.82) is 0 Å². The molecule has 1 aliphatic rings. The van der Waals surface area contributed by atoms with Crippen LogP contribution in [0.15, 0.2) is 35.5 Å². The summed E-state index contributed by atoms with van der Waals surface area (Å²) >= 11 is 0. The van der Waals surface area contributed by atoms with Gasteiger partial charge < -0.3 is 15.9 Å². The Morgan fingerprint density at radius 2 is 2.21 bits per heavy atom. The number of rotatable bonds is 6. The summed E-state index contributed by atoms with van der Waals surface area (Å²) in [7, 11) is 0. The predicted molar refractivity (Wildman–Crippen MR) is 73.5 cm³/mol. The summed E-state index contributed by atoms with van der Waals surface area (Å²) in [6.07, 6.45) is 2.14. The number of carbonyl (C=O) groups excluding carboxylic acids is 1. The smallest absolute Gasteiger partial charge is 0.223 e. The van der Waals surface area contributed by atoms with Crippen LogP contribution in [0.2, 0.25) is 0 Å². The van der Waals surface area contributed by atoms with Gasteiger partial charge in [-0.2, -0.15) is 0 Å². The molecular weight excluding hydrogens is 242 g/mol. The van der Waals surface area contributed by atoms with Crippen molar-refractivity contribution in [3.8, 4) is 0 Å². The second-order valence-corrected chi connectivity index (χ2v) is 4.64. The van der Waals surface area contributed by atoms with E-state index >= 15 is 0 Å². The van der Waals surface area contributed by atoms with Crippen molar-refractivity contribution in [3.63, 3.8) is 0 Å². The molecule has 1 atom stereocenters. The summed E-state index contributed by atoms with van der Waals surface area (Å²) in [6.45, 7) is 1.19. The normalized spacial score (nSPS) is 19.3. The number of nitrogens with two attached hydrogens (primary N) is 1. The van der Waals surface area contributed by atoms with Crippen LogP contribution in [0.1, 0.15) is 18.4 Å². The first-order valence-electron chi connectivity index (χ1n) is 6.51. The average molecular weight is 261 g/mol. The number of hydrogen-bond acceptors (Lipinski definition) is 3. The standard InChI is InChI=1S/C14H19N3O2/c15-13(10-11-4-2-1-3-5-11)17-19-9-7-12-6-8-16-14(12)18/h1-5,12H,6-10H2,(H2,15,17)(H,16,18)/t12-/m1/s1. The third-order valence-corrected chi connectivity index (χ3v) is 3.13. The Morgan fingerprint density at radius 1 is 1.42 bits per heavy atom. The Kier molecular flexibility index (Phi) is 4.78. The maximum Gasteiger partial charge on any atom is 0.223 e. The van der Waals surface area contributed by atoms with Gasteiger partial charge in [-0.3, -0.25) is 4.79 Å². The van der Waals surface area contributed by atoms with Crippen LogP contribution in [-0.4, -0.2) is 24.9 Å². The Hall–Kier alpha value is -2.04. The molecule has 0 spiro atoms. The summed E-state index contributed by atoms with van der Waals surface area (Å²) < 4.78 is 0. The SMILES string of the molecule is NC(Cc1ccccc1)=NOCC[C@H]1CCNC1=O. The Balaban J connectivity index is 1.69. The van der Waals surface area contributed by atoms with Crippen LogP contribution in [-0.2, 0) is 16.1 Å². The van der Waals surface area contributed by atoms with E-state index in [0.717, 1.165) is 18.5 Å². The quantitative estimate of drug-likeness (QED) is 0.348. The largest absolute Gasteiger partial charge is 0.394 e. The van der Waals surface area contributed by atoms with Crippen LogP contribution in [0.3, 0.4) is 0 Å². The van der Waals surface area contributed by atoms with E-state index in [2.05, 4.69) is 10.5 Å². The molecule has 0 aliphatic carbocycles. The summed E-state index contributed by atoms with van der Waals surface area (Å²) in [5, 5.41) is 6.67. The van der Waals surface area contributed by atoms with E-state index in [0.29, 0.717) is 25.3 Å². The van der Waals surface area contributed by atoms with Crippen molar-refractivity contribution in [2.75, 3.05) is 13.2 Å². The molecule has 0 saturated carbocycles. The van der Waals surface area contributed by atoms with Crippen LogP contribution in [0, 0.1) is 5.92 Å². The lowest BCUT2D eigenvalue weighted by molar-refractivity contribution is -0.122. The fraction of sp³-hybridized carbons (Fsp3) is 0.429. The van der Waals surface area contributed by atoms with Gasteiger partial charge in [0.25, 0.3) is 0 Å². The summed E-state index contributed by atoms with van der Waals surface area (Å²) in [5.41, 5.74) is 6.87. The molecule has 0 bridgehead atoms. The number of amidine groups is 1. The summed E-state index contributed by atoms with van der Waals surface area (Å²) in [6, 6.07) is 9.86. The second kappa shape index (κ2) is 6.78. The second-order valence-electron chi connectivity index (χ2n) is 4.64. The molecule has 1 amide bonds. The van der Waals surface area contributed by atoms with Gasteiger partial charge in [0.15, 0.2) is 0 Å². The van der Waals surface area contributed by atoms with E-state index in [4.69, 9.17) is 10.6 Å². The van der Waals surface area contributed by atoms with Gasteiger partial charge in [0, 0.05) is 18.9 Å². The monoisotopic (exact) mass is 261 g/mol. The highest BCUT2D eigenvalue weighted by atomic mass is 16.6. The van der Waals surface area contributed by atoms with Crippen LogP contribution in [0.5, 0.6) is 0 Å². The van der Waals surface area contributed by atoms with E-state index in [-0.39, 0.29) is 11.8 Å². The highest BCUT2D eigenvalue weighted by Crippen LogP contribution is 2.13. The maximum absolute atomic E-state index is 11.3. The van der Waals surface area contributed by atoms with E-state index in [1.807, 2.05) is 30.3 Å².